The maximum atomic E-state index is 12.5. The van der Waals surface area contributed by atoms with Crippen molar-refractivity contribution in [3.63, 3.8) is 0 Å². The fourth-order valence-electron chi connectivity index (χ4n) is 4.28. The number of hydrogen-bond donors (Lipinski definition) is 1. The van der Waals surface area contributed by atoms with Crippen molar-refractivity contribution in [3.8, 4) is 0 Å². The molecule has 1 N–H and O–H groups in total. The minimum absolute atomic E-state index is 0.0661. The maximum absolute atomic E-state index is 12.5. The SMILES string of the molecule is CC1=C(O)C(C/C(C)=C/CCC(C)/C=C/C=C(\C)CCCC2=CCN(CCC(C)C)C2=O)OC1=O. The molecule has 2 rings (SSSR count). The summed E-state index contributed by atoms with van der Waals surface area (Å²) in [5.74, 6) is 0.962. The smallest absolute Gasteiger partial charge is 0.338 e. The molecule has 5 heteroatoms. The average Bonchev–Trinajstić information content (AvgIpc) is 3.26. The summed E-state index contributed by atoms with van der Waals surface area (Å²) in [6, 6.07) is 0. The van der Waals surface area contributed by atoms with E-state index in [0.29, 0.717) is 23.8 Å². The van der Waals surface area contributed by atoms with Gasteiger partial charge in [0, 0.05) is 25.1 Å². The zero-order valence-corrected chi connectivity index (χ0v) is 22.6. The molecule has 2 unspecified atom stereocenters. The fourth-order valence-corrected chi connectivity index (χ4v) is 4.28. The van der Waals surface area contributed by atoms with Gasteiger partial charge in [0.15, 0.2) is 6.10 Å². The van der Waals surface area contributed by atoms with Crippen molar-refractivity contribution in [2.75, 3.05) is 13.1 Å². The number of aliphatic hydroxyl groups excluding tert-OH is 1. The second-order valence-corrected chi connectivity index (χ2v) is 10.6. The van der Waals surface area contributed by atoms with Crippen LogP contribution in [-0.2, 0) is 14.3 Å². The highest BCUT2D eigenvalue weighted by Crippen LogP contribution is 2.25. The van der Waals surface area contributed by atoms with E-state index in [-0.39, 0.29) is 11.7 Å². The van der Waals surface area contributed by atoms with E-state index in [1.807, 2.05) is 11.8 Å². The zero-order valence-electron chi connectivity index (χ0n) is 22.6. The first-order chi connectivity index (χ1) is 16.6. The number of carbonyl (C=O) groups is 2. The van der Waals surface area contributed by atoms with Crippen molar-refractivity contribution in [3.05, 3.63) is 58.4 Å². The van der Waals surface area contributed by atoms with Gasteiger partial charge in [0.1, 0.15) is 5.76 Å². The molecule has 1 amide bonds. The van der Waals surface area contributed by atoms with Crippen LogP contribution in [0.15, 0.2) is 58.4 Å². The van der Waals surface area contributed by atoms with Gasteiger partial charge in [0.2, 0.25) is 5.91 Å². The summed E-state index contributed by atoms with van der Waals surface area (Å²) in [5.41, 5.74) is 3.76. The topological polar surface area (TPSA) is 66.8 Å². The molecule has 2 atom stereocenters. The highest BCUT2D eigenvalue weighted by atomic mass is 16.6. The maximum Gasteiger partial charge on any atom is 0.338 e. The lowest BCUT2D eigenvalue weighted by molar-refractivity contribution is -0.140. The first-order valence-corrected chi connectivity index (χ1v) is 13.2. The third kappa shape index (κ3) is 9.54. The van der Waals surface area contributed by atoms with Crippen molar-refractivity contribution in [2.24, 2.45) is 11.8 Å². The highest BCUT2D eigenvalue weighted by molar-refractivity contribution is 5.95. The molecule has 0 spiro atoms. The number of amides is 1. The van der Waals surface area contributed by atoms with Crippen molar-refractivity contribution in [1.82, 2.24) is 4.90 Å². The molecule has 0 fully saturated rings. The van der Waals surface area contributed by atoms with E-state index in [2.05, 4.69) is 58.1 Å². The minimum atomic E-state index is -0.531. The van der Waals surface area contributed by atoms with Gasteiger partial charge in [-0.25, -0.2) is 4.79 Å². The molecule has 0 aromatic heterocycles. The van der Waals surface area contributed by atoms with Crippen molar-refractivity contribution < 1.29 is 19.4 Å². The van der Waals surface area contributed by atoms with Crippen LogP contribution in [0.2, 0.25) is 0 Å². The van der Waals surface area contributed by atoms with Gasteiger partial charge < -0.3 is 14.7 Å². The van der Waals surface area contributed by atoms with Crippen molar-refractivity contribution in [1.29, 1.82) is 0 Å². The Morgan fingerprint density at radius 1 is 1.20 bits per heavy atom. The van der Waals surface area contributed by atoms with Crippen LogP contribution in [0.25, 0.3) is 0 Å². The van der Waals surface area contributed by atoms with Crippen LogP contribution in [0.4, 0.5) is 0 Å². The Kier molecular flexibility index (Phi) is 11.6. The average molecular weight is 484 g/mol. The molecule has 0 bridgehead atoms. The molecule has 2 aliphatic rings. The Balaban J connectivity index is 1.64. The second-order valence-electron chi connectivity index (χ2n) is 10.6. The number of cyclic esters (lactones) is 1. The van der Waals surface area contributed by atoms with Gasteiger partial charge >= 0.3 is 5.97 Å². The summed E-state index contributed by atoms with van der Waals surface area (Å²) in [4.78, 5) is 26.0. The number of nitrogens with zero attached hydrogens (tertiary/aromatic N) is 1. The molecule has 5 nitrogen and oxygen atoms in total. The molecule has 194 valence electrons. The molecule has 0 saturated carbocycles. The molecule has 35 heavy (non-hydrogen) atoms. The van der Waals surface area contributed by atoms with Crippen LogP contribution in [-0.4, -0.2) is 41.1 Å². The Labute approximate surface area is 212 Å². The van der Waals surface area contributed by atoms with Crippen LogP contribution >= 0.6 is 0 Å². The molecule has 0 radical (unpaired) electrons. The van der Waals surface area contributed by atoms with E-state index in [9.17, 15) is 14.7 Å². The fraction of sp³-hybridized carbons (Fsp3) is 0.600. The Bertz CT molecular complexity index is 903. The van der Waals surface area contributed by atoms with Crippen molar-refractivity contribution in [2.45, 2.75) is 92.6 Å². The monoisotopic (exact) mass is 483 g/mol. The third-order valence-corrected chi connectivity index (χ3v) is 6.80. The van der Waals surface area contributed by atoms with Crippen LogP contribution in [0, 0.1) is 11.8 Å². The van der Waals surface area contributed by atoms with Gasteiger partial charge in [-0.3, -0.25) is 4.79 Å². The summed E-state index contributed by atoms with van der Waals surface area (Å²) in [6.07, 6.45) is 16.8. The first kappa shape index (κ1) is 28.7. The molecule has 0 aromatic rings. The Morgan fingerprint density at radius 3 is 2.60 bits per heavy atom. The van der Waals surface area contributed by atoms with E-state index in [4.69, 9.17) is 4.74 Å². The summed E-state index contributed by atoms with van der Waals surface area (Å²) in [6.45, 7) is 14.0. The molecular formula is C30H45NO4. The Morgan fingerprint density at radius 2 is 1.94 bits per heavy atom. The largest absolute Gasteiger partial charge is 0.508 e. The third-order valence-electron chi connectivity index (χ3n) is 6.80. The van der Waals surface area contributed by atoms with Crippen molar-refractivity contribution >= 4 is 11.9 Å². The second kappa shape index (κ2) is 14.1. The number of carbonyl (C=O) groups excluding carboxylic acids is 2. The number of aliphatic hydroxyl groups is 1. The molecule has 0 aliphatic carbocycles. The number of rotatable bonds is 14. The van der Waals surface area contributed by atoms with E-state index < -0.39 is 12.1 Å². The van der Waals surface area contributed by atoms with Gasteiger partial charge in [0.05, 0.1) is 5.57 Å². The van der Waals surface area contributed by atoms with Crippen LogP contribution in [0.3, 0.4) is 0 Å². The molecular weight excluding hydrogens is 438 g/mol. The lowest BCUT2D eigenvalue weighted by Gasteiger charge is -2.17. The first-order valence-electron chi connectivity index (χ1n) is 13.2. The number of esters is 1. The van der Waals surface area contributed by atoms with E-state index >= 15 is 0 Å². The standard InChI is InChI=1S/C30H45NO4/c1-21(2)16-18-31-19-17-26(29(31)33)15-9-13-23(4)11-7-10-22(3)12-8-14-24(5)20-27-28(32)25(6)30(34)35-27/h7,10-11,14,17,21-22,27,32H,8-9,12-13,15-16,18-20H2,1-6H3/b10-7+,23-11+,24-14+. The molecule has 2 heterocycles. The Hall–Kier alpha value is -2.56. The molecule has 0 aromatic carbocycles. The van der Waals surface area contributed by atoms with E-state index in [0.717, 1.165) is 62.8 Å². The normalized spacial score (nSPS) is 20.5. The van der Waals surface area contributed by atoms with Crippen LogP contribution in [0.5, 0.6) is 0 Å². The van der Waals surface area contributed by atoms with Crippen LogP contribution < -0.4 is 0 Å². The predicted molar refractivity (Wildman–Crippen MR) is 143 cm³/mol. The van der Waals surface area contributed by atoms with Crippen LogP contribution in [0.1, 0.15) is 86.5 Å². The number of hydrogen-bond acceptors (Lipinski definition) is 4. The van der Waals surface area contributed by atoms with E-state index in [1.54, 1.807) is 6.92 Å². The van der Waals surface area contributed by atoms with Gasteiger partial charge in [-0.05, 0) is 71.1 Å². The summed E-state index contributed by atoms with van der Waals surface area (Å²) >= 11 is 0. The molecule has 0 saturated heterocycles. The van der Waals surface area contributed by atoms with Gasteiger partial charge in [-0.1, -0.05) is 62.3 Å². The highest BCUT2D eigenvalue weighted by Gasteiger charge is 2.31. The zero-order chi connectivity index (χ0) is 26.0. The predicted octanol–water partition coefficient (Wildman–Crippen LogP) is 6.98. The van der Waals surface area contributed by atoms with Gasteiger partial charge in [-0.15, -0.1) is 0 Å². The number of allylic oxidation sites excluding steroid dienone is 5. The summed E-state index contributed by atoms with van der Waals surface area (Å²) < 4.78 is 5.20. The molecule has 2 aliphatic heterocycles. The quantitative estimate of drug-likeness (QED) is 0.164. The summed E-state index contributed by atoms with van der Waals surface area (Å²) in [5, 5.41) is 9.97. The minimum Gasteiger partial charge on any atom is -0.508 e. The lowest BCUT2D eigenvalue weighted by atomic mass is 10.0. The number of ether oxygens (including phenoxy) is 1. The summed E-state index contributed by atoms with van der Waals surface area (Å²) in [7, 11) is 0. The van der Waals surface area contributed by atoms with E-state index in [1.165, 1.54) is 5.57 Å². The van der Waals surface area contributed by atoms with Gasteiger partial charge in [0.25, 0.3) is 0 Å². The van der Waals surface area contributed by atoms with Gasteiger partial charge in [-0.2, -0.15) is 0 Å². The lowest BCUT2D eigenvalue weighted by Crippen LogP contribution is -2.28.